The second-order valence-electron chi connectivity index (χ2n) is 5.98. The Morgan fingerprint density at radius 3 is 2.57 bits per heavy atom. The Morgan fingerprint density at radius 1 is 1.33 bits per heavy atom. The number of halogens is 1. The lowest BCUT2D eigenvalue weighted by Gasteiger charge is -2.36. The summed E-state index contributed by atoms with van der Waals surface area (Å²) in [6.45, 7) is 8.68. The predicted molar refractivity (Wildman–Crippen MR) is 89.0 cm³/mol. The van der Waals surface area contributed by atoms with Crippen molar-refractivity contribution in [3.8, 4) is 11.5 Å². The molecule has 4 nitrogen and oxygen atoms in total. The molecule has 1 aromatic carbocycles. The van der Waals surface area contributed by atoms with Gasteiger partial charge in [0.1, 0.15) is 0 Å². The normalized spacial score (nSPS) is 18.0. The van der Waals surface area contributed by atoms with Crippen LogP contribution in [0, 0.1) is 5.92 Å². The van der Waals surface area contributed by atoms with Crippen LogP contribution in [-0.2, 0) is 0 Å². The van der Waals surface area contributed by atoms with E-state index in [1.165, 1.54) is 5.56 Å². The topological polar surface area (TPSA) is 44.7 Å². The molecule has 1 aromatic rings. The van der Waals surface area contributed by atoms with Gasteiger partial charge in [0, 0.05) is 32.2 Å². The molecule has 1 saturated heterocycles. The van der Waals surface area contributed by atoms with Gasteiger partial charge in [-0.05, 0) is 46.0 Å². The van der Waals surface area contributed by atoms with Gasteiger partial charge < -0.3 is 15.2 Å². The number of nitrogens with one attached hydrogen (secondary N) is 1. The molecule has 0 unspecified atom stereocenters. The summed E-state index contributed by atoms with van der Waals surface area (Å²) in [5, 5.41) is 13.4. The number of rotatable bonds is 5. The van der Waals surface area contributed by atoms with Gasteiger partial charge in [0.15, 0.2) is 11.5 Å². The summed E-state index contributed by atoms with van der Waals surface area (Å²) in [6.07, 6.45) is 1.10. The van der Waals surface area contributed by atoms with Crippen LogP contribution in [0.2, 0.25) is 0 Å². The number of phenols is 1. The summed E-state index contributed by atoms with van der Waals surface area (Å²) in [7, 11) is 1.59. The van der Waals surface area contributed by atoms with Gasteiger partial charge in [0.05, 0.1) is 11.6 Å². The Hall–Kier alpha value is -0.780. The largest absolute Gasteiger partial charge is 0.503 e. The van der Waals surface area contributed by atoms with Crippen molar-refractivity contribution in [3.05, 3.63) is 22.2 Å². The SMILES string of the molecule is COc1cc([C@@H](CC(C)C)N2CCNCC2)cc(Br)c1O. The van der Waals surface area contributed by atoms with Crippen molar-refractivity contribution in [3.63, 3.8) is 0 Å². The van der Waals surface area contributed by atoms with Crippen molar-refractivity contribution in [2.24, 2.45) is 5.92 Å². The van der Waals surface area contributed by atoms with Crippen LogP contribution in [0.25, 0.3) is 0 Å². The van der Waals surface area contributed by atoms with E-state index >= 15 is 0 Å². The summed E-state index contributed by atoms with van der Waals surface area (Å²) in [5.41, 5.74) is 1.20. The molecule has 2 N–H and O–H groups in total. The molecule has 21 heavy (non-hydrogen) atoms. The summed E-state index contributed by atoms with van der Waals surface area (Å²) in [5.74, 6) is 1.32. The van der Waals surface area contributed by atoms with E-state index < -0.39 is 0 Å². The minimum atomic E-state index is 0.171. The first kappa shape index (κ1) is 16.6. The highest BCUT2D eigenvalue weighted by atomic mass is 79.9. The fourth-order valence-electron chi connectivity index (χ4n) is 2.88. The molecule has 1 atom stereocenters. The molecule has 1 heterocycles. The average Bonchev–Trinajstić information content (AvgIpc) is 2.48. The van der Waals surface area contributed by atoms with Gasteiger partial charge in [-0.3, -0.25) is 4.90 Å². The van der Waals surface area contributed by atoms with Crippen molar-refractivity contribution in [1.29, 1.82) is 0 Å². The molecule has 0 aromatic heterocycles. The molecule has 0 amide bonds. The molecular formula is C16H25BrN2O2. The van der Waals surface area contributed by atoms with E-state index in [2.05, 4.69) is 40.0 Å². The van der Waals surface area contributed by atoms with Crippen LogP contribution in [0.3, 0.4) is 0 Å². The van der Waals surface area contributed by atoms with Crippen molar-refractivity contribution < 1.29 is 9.84 Å². The maximum absolute atomic E-state index is 10.0. The first-order valence-electron chi connectivity index (χ1n) is 7.54. The van der Waals surface area contributed by atoms with E-state index in [1.807, 2.05) is 12.1 Å². The van der Waals surface area contributed by atoms with Crippen molar-refractivity contribution in [2.75, 3.05) is 33.3 Å². The van der Waals surface area contributed by atoms with Gasteiger partial charge in [-0.1, -0.05) is 13.8 Å². The number of hydrogen-bond acceptors (Lipinski definition) is 4. The third kappa shape index (κ3) is 4.11. The van der Waals surface area contributed by atoms with E-state index in [0.29, 0.717) is 22.2 Å². The second kappa shape index (κ2) is 7.47. The number of phenolic OH excluding ortho intramolecular Hbond substituents is 1. The second-order valence-corrected chi connectivity index (χ2v) is 6.84. The standard InChI is InChI=1S/C16H25BrN2O2/c1-11(2)8-14(19-6-4-18-5-7-19)12-9-13(17)16(20)15(10-12)21-3/h9-11,14,18,20H,4-8H2,1-3H3/t14-/m1/s1. The Labute approximate surface area is 135 Å². The zero-order valence-corrected chi connectivity index (χ0v) is 14.6. The Bertz CT molecular complexity index is 474. The molecule has 1 aliphatic heterocycles. The highest BCUT2D eigenvalue weighted by Gasteiger charge is 2.24. The van der Waals surface area contributed by atoms with E-state index in [9.17, 15) is 5.11 Å². The zero-order valence-electron chi connectivity index (χ0n) is 13.0. The lowest BCUT2D eigenvalue weighted by atomic mass is 9.94. The summed E-state index contributed by atoms with van der Waals surface area (Å²) in [4.78, 5) is 2.52. The lowest BCUT2D eigenvalue weighted by Crippen LogP contribution is -2.45. The molecule has 0 spiro atoms. The van der Waals surface area contributed by atoms with Crippen LogP contribution >= 0.6 is 15.9 Å². The van der Waals surface area contributed by atoms with Crippen molar-refractivity contribution in [2.45, 2.75) is 26.3 Å². The van der Waals surface area contributed by atoms with Gasteiger partial charge in [-0.25, -0.2) is 0 Å². The van der Waals surface area contributed by atoms with E-state index in [1.54, 1.807) is 7.11 Å². The van der Waals surface area contributed by atoms with Gasteiger partial charge in [0.2, 0.25) is 0 Å². The number of aromatic hydroxyl groups is 1. The number of ether oxygens (including phenoxy) is 1. The Balaban J connectivity index is 2.33. The Morgan fingerprint density at radius 2 is 2.00 bits per heavy atom. The summed E-state index contributed by atoms with van der Waals surface area (Å²) < 4.78 is 5.99. The van der Waals surface area contributed by atoms with E-state index in [0.717, 1.165) is 32.6 Å². The third-order valence-electron chi connectivity index (χ3n) is 3.94. The molecule has 0 radical (unpaired) electrons. The number of hydrogen-bond donors (Lipinski definition) is 2. The smallest absolute Gasteiger partial charge is 0.172 e. The first-order valence-corrected chi connectivity index (χ1v) is 8.33. The van der Waals surface area contributed by atoms with Crippen molar-refractivity contribution >= 4 is 15.9 Å². The number of piperazine rings is 1. The maximum atomic E-state index is 10.0. The molecule has 0 aliphatic carbocycles. The minimum absolute atomic E-state index is 0.171. The molecule has 1 fully saturated rings. The fraction of sp³-hybridized carbons (Fsp3) is 0.625. The molecule has 0 bridgehead atoms. The number of benzene rings is 1. The van der Waals surface area contributed by atoms with Crippen molar-refractivity contribution in [1.82, 2.24) is 10.2 Å². The van der Waals surface area contributed by atoms with Gasteiger partial charge >= 0.3 is 0 Å². The van der Waals surface area contributed by atoms with Crippen LogP contribution in [-0.4, -0.2) is 43.3 Å². The number of methoxy groups -OCH3 is 1. The van der Waals surface area contributed by atoms with Gasteiger partial charge in [-0.15, -0.1) is 0 Å². The third-order valence-corrected chi connectivity index (χ3v) is 4.55. The highest BCUT2D eigenvalue weighted by Crippen LogP contribution is 2.39. The fourth-order valence-corrected chi connectivity index (χ4v) is 3.34. The van der Waals surface area contributed by atoms with E-state index in [-0.39, 0.29) is 5.75 Å². The number of nitrogens with zero attached hydrogens (tertiary/aromatic N) is 1. The quantitative estimate of drug-likeness (QED) is 0.850. The average molecular weight is 357 g/mol. The van der Waals surface area contributed by atoms with Crippen LogP contribution in [0.4, 0.5) is 0 Å². The molecule has 5 heteroatoms. The molecule has 118 valence electrons. The summed E-state index contributed by atoms with van der Waals surface area (Å²) in [6, 6.07) is 4.35. The van der Waals surface area contributed by atoms with Gasteiger partial charge in [-0.2, -0.15) is 0 Å². The molecular weight excluding hydrogens is 332 g/mol. The highest BCUT2D eigenvalue weighted by molar-refractivity contribution is 9.10. The minimum Gasteiger partial charge on any atom is -0.503 e. The van der Waals surface area contributed by atoms with Gasteiger partial charge in [0.25, 0.3) is 0 Å². The Kier molecular flexibility index (Phi) is 5.90. The lowest BCUT2D eigenvalue weighted by molar-refractivity contribution is 0.153. The van der Waals surface area contributed by atoms with E-state index in [4.69, 9.17) is 4.74 Å². The van der Waals surface area contributed by atoms with Crippen LogP contribution in [0.1, 0.15) is 31.9 Å². The molecule has 0 saturated carbocycles. The molecule has 1 aliphatic rings. The predicted octanol–water partition coefficient (Wildman–Crippen LogP) is 3.16. The van der Waals surface area contributed by atoms with Crippen LogP contribution in [0.15, 0.2) is 16.6 Å². The monoisotopic (exact) mass is 356 g/mol. The molecule has 2 rings (SSSR count). The maximum Gasteiger partial charge on any atom is 0.172 e. The first-order chi connectivity index (χ1) is 10.0. The van der Waals surface area contributed by atoms with Crippen LogP contribution in [0.5, 0.6) is 11.5 Å². The van der Waals surface area contributed by atoms with Crippen LogP contribution < -0.4 is 10.1 Å². The zero-order chi connectivity index (χ0) is 15.4. The summed E-state index contributed by atoms with van der Waals surface area (Å²) >= 11 is 3.44.